The lowest BCUT2D eigenvalue weighted by molar-refractivity contribution is -0.0393. The van der Waals surface area contributed by atoms with E-state index in [2.05, 4.69) is 16.8 Å². The van der Waals surface area contributed by atoms with Gasteiger partial charge in [0.05, 0.1) is 31.1 Å². The van der Waals surface area contributed by atoms with Crippen molar-refractivity contribution >= 4 is 0 Å². The maximum atomic E-state index is 6.34. The molecule has 2 unspecified atom stereocenters. The van der Waals surface area contributed by atoms with Crippen molar-refractivity contribution < 1.29 is 9.47 Å². The van der Waals surface area contributed by atoms with E-state index in [1.165, 1.54) is 0 Å². The maximum absolute atomic E-state index is 6.34. The predicted octanol–water partition coefficient (Wildman–Crippen LogP) is 1.59. The van der Waals surface area contributed by atoms with Crippen molar-refractivity contribution in [1.82, 2.24) is 9.88 Å². The van der Waals surface area contributed by atoms with E-state index in [4.69, 9.17) is 15.2 Å². The van der Waals surface area contributed by atoms with E-state index < -0.39 is 0 Å². The number of likely N-dealkylation sites (N-methyl/N-ethyl adjacent to an activating group) is 1. The van der Waals surface area contributed by atoms with Gasteiger partial charge in [0.1, 0.15) is 5.75 Å². The molecule has 0 aliphatic carbocycles. The van der Waals surface area contributed by atoms with E-state index in [1.54, 1.807) is 12.4 Å². The van der Waals surface area contributed by atoms with Crippen LogP contribution in [-0.2, 0) is 4.74 Å². The summed E-state index contributed by atoms with van der Waals surface area (Å²) < 4.78 is 11.5. The summed E-state index contributed by atoms with van der Waals surface area (Å²) in [5, 5.41) is 0. The Hall–Kier alpha value is -1.17. The highest BCUT2D eigenvalue weighted by atomic mass is 16.5. The number of rotatable bonds is 5. The van der Waals surface area contributed by atoms with Crippen LogP contribution in [-0.4, -0.2) is 48.3 Å². The third-order valence-corrected chi connectivity index (χ3v) is 3.52. The van der Waals surface area contributed by atoms with Crippen LogP contribution in [0.5, 0.6) is 5.75 Å². The van der Waals surface area contributed by atoms with Crippen LogP contribution in [0.25, 0.3) is 0 Å². The fourth-order valence-corrected chi connectivity index (χ4v) is 2.41. The molecule has 1 aliphatic heterocycles. The third kappa shape index (κ3) is 3.91. The summed E-state index contributed by atoms with van der Waals surface area (Å²) in [6, 6.07) is 1.79. The Bertz CT molecular complexity index is 425. The summed E-state index contributed by atoms with van der Waals surface area (Å²) in [5.41, 5.74) is 7.30. The largest absolute Gasteiger partial charge is 0.489 e. The normalized spacial score (nSPS) is 21.9. The molecule has 5 heteroatoms. The van der Waals surface area contributed by atoms with Crippen molar-refractivity contribution in [3.8, 4) is 5.75 Å². The van der Waals surface area contributed by atoms with Crippen molar-refractivity contribution in [3.05, 3.63) is 24.0 Å². The van der Waals surface area contributed by atoms with E-state index in [0.29, 0.717) is 0 Å². The number of ether oxygens (including phenoxy) is 2. The van der Waals surface area contributed by atoms with Gasteiger partial charge < -0.3 is 15.2 Å². The van der Waals surface area contributed by atoms with Crippen LogP contribution >= 0.6 is 0 Å². The average Bonchev–Trinajstić information content (AvgIpc) is 2.46. The first-order valence-electron chi connectivity index (χ1n) is 7.31. The number of hydrogen-bond acceptors (Lipinski definition) is 5. The lowest BCUT2D eigenvalue weighted by Crippen LogP contribution is -2.46. The van der Waals surface area contributed by atoms with Crippen molar-refractivity contribution in [3.63, 3.8) is 0 Å². The monoisotopic (exact) mass is 279 g/mol. The van der Waals surface area contributed by atoms with Crippen molar-refractivity contribution in [2.24, 2.45) is 5.73 Å². The zero-order valence-electron chi connectivity index (χ0n) is 12.6. The summed E-state index contributed by atoms with van der Waals surface area (Å²) in [6.07, 6.45) is 3.66. The fraction of sp³-hybridized carbons (Fsp3) is 0.667. The van der Waals surface area contributed by atoms with Crippen LogP contribution in [0.4, 0.5) is 0 Å². The van der Waals surface area contributed by atoms with Gasteiger partial charge in [-0.15, -0.1) is 0 Å². The molecule has 20 heavy (non-hydrogen) atoms. The van der Waals surface area contributed by atoms with Crippen molar-refractivity contribution in [1.29, 1.82) is 0 Å². The van der Waals surface area contributed by atoms with Crippen molar-refractivity contribution in [2.75, 3.05) is 26.2 Å². The van der Waals surface area contributed by atoms with Crippen LogP contribution in [0.1, 0.15) is 32.4 Å². The van der Waals surface area contributed by atoms with E-state index >= 15 is 0 Å². The van der Waals surface area contributed by atoms with Gasteiger partial charge in [0.15, 0.2) is 0 Å². The smallest absolute Gasteiger partial charge is 0.138 e. The predicted molar refractivity (Wildman–Crippen MR) is 78.8 cm³/mol. The lowest BCUT2D eigenvalue weighted by Gasteiger charge is -2.35. The molecule has 1 fully saturated rings. The minimum atomic E-state index is -0.174. The molecule has 1 aliphatic rings. The molecule has 2 N–H and O–H groups in total. The zero-order chi connectivity index (χ0) is 14.5. The Labute approximate surface area is 121 Å². The standard InChI is InChI=1S/C15H25N3O2/c1-4-18-5-6-19-14(10-18)15(16)12-7-13(9-17-8-12)20-11(2)3/h7-9,11,14-15H,4-6,10,16H2,1-3H3. The molecule has 1 aromatic rings. The molecule has 0 amide bonds. The molecule has 1 saturated heterocycles. The number of nitrogens with two attached hydrogens (primary N) is 1. The molecular formula is C15H25N3O2. The Balaban J connectivity index is 2.06. The quantitative estimate of drug-likeness (QED) is 0.887. The lowest BCUT2D eigenvalue weighted by atomic mass is 10.0. The van der Waals surface area contributed by atoms with Gasteiger partial charge in [-0.1, -0.05) is 6.92 Å². The summed E-state index contributed by atoms with van der Waals surface area (Å²) >= 11 is 0. The van der Waals surface area contributed by atoms with Gasteiger partial charge in [-0.25, -0.2) is 0 Å². The summed E-state index contributed by atoms with van der Waals surface area (Å²) in [6.45, 7) is 9.77. The number of pyridine rings is 1. The molecule has 0 aromatic carbocycles. The second kappa shape index (κ2) is 7.02. The van der Waals surface area contributed by atoms with Gasteiger partial charge in [0.25, 0.3) is 0 Å². The fourth-order valence-electron chi connectivity index (χ4n) is 2.41. The number of aromatic nitrogens is 1. The van der Waals surface area contributed by atoms with Gasteiger partial charge >= 0.3 is 0 Å². The minimum absolute atomic E-state index is 0.0137. The highest BCUT2D eigenvalue weighted by molar-refractivity contribution is 5.26. The Kier molecular flexibility index (Phi) is 5.34. The second-order valence-electron chi connectivity index (χ2n) is 5.45. The number of morpholine rings is 1. The molecule has 0 saturated carbocycles. The molecule has 112 valence electrons. The highest BCUT2D eigenvalue weighted by Crippen LogP contribution is 2.23. The van der Waals surface area contributed by atoms with Gasteiger partial charge in [0.2, 0.25) is 0 Å². The van der Waals surface area contributed by atoms with Crippen LogP contribution in [0.3, 0.4) is 0 Å². The topological polar surface area (TPSA) is 60.6 Å². The molecule has 0 radical (unpaired) electrons. The molecule has 2 rings (SSSR count). The number of nitrogens with zero attached hydrogens (tertiary/aromatic N) is 2. The van der Waals surface area contributed by atoms with Gasteiger partial charge in [-0.05, 0) is 32.0 Å². The zero-order valence-corrected chi connectivity index (χ0v) is 12.6. The number of hydrogen-bond donors (Lipinski definition) is 1. The highest BCUT2D eigenvalue weighted by Gasteiger charge is 2.26. The van der Waals surface area contributed by atoms with Gasteiger partial charge in [-0.2, -0.15) is 0 Å². The van der Waals surface area contributed by atoms with Gasteiger partial charge in [0, 0.05) is 19.3 Å². The average molecular weight is 279 g/mol. The molecule has 1 aromatic heterocycles. The van der Waals surface area contributed by atoms with E-state index in [9.17, 15) is 0 Å². The van der Waals surface area contributed by atoms with E-state index in [0.717, 1.165) is 37.6 Å². The van der Waals surface area contributed by atoms with Gasteiger partial charge in [-0.3, -0.25) is 9.88 Å². The molecule has 2 heterocycles. The Morgan fingerprint density at radius 1 is 1.50 bits per heavy atom. The van der Waals surface area contributed by atoms with Crippen LogP contribution < -0.4 is 10.5 Å². The second-order valence-corrected chi connectivity index (χ2v) is 5.45. The molecular weight excluding hydrogens is 254 g/mol. The summed E-state index contributed by atoms with van der Waals surface area (Å²) in [7, 11) is 0. The Morgan fingerprint density at radius 3 is 3.00 bits per heavy atom. The SMILES string of the molecule is CCN1CCOC(C(N)c2cncc(OC(C)C)c2)C1. The van der Waals surface area contributed by atoms with E-state index in [-0.39, 0.29) is 18.2 Å². The van der Waals surface area contributed by atoms with Crippen LogP contribution in [0.15, 0.2) is 18.5 Å². The maximum Gasteiger partial charge on any atom is 0.138 e. The van der Waals surface area contributed by atoms with Crippen LogP contribution in [0, 0.1) is 0 Å². The Morgan fingerprint density at radius 2 is 2.30 bits per heavy atom. The van der Waals surface area contributed by atoms with Crippen molar-refractivity contribution in [2.45, 2.75) is 39.0 Å². The third-order valence-electron chi connectivity index (χ3n) is 3.52. The minimum Gasteiger partial charge on any atom is -0.489 e. The first-order chi connectivity index (χ1) is 9.60. The summed E-state index contributed by atoms with van der Waals surface area (Å²) in [5.74, 6) is 0.760. The first kappa shape index (κ1) is 15.2. The molecule has 0 spiro atoms. The molecule has 2 atom stereocenters. The van der Waals surface area contributed by atoms with Crippen LogP contribution in [0.2, 0.25) is 0 Å². The van der Waals surface area contributed by atoms with E-state index in [1.807, 2.05) is 19.9 Å². The first-order valence-corrected chi connectivity index (χ1v) is 7.31. The molecule has 0 bridgehead atoms. The summed E-state index contributed by atoms with van der Waals surface area (Å²) in [4.78, 5) is 6.58. The molecule has 5 nitrogen and oxygen atoms in total.